The fraction of sp³-hybridized carbons (Fsp3) is 0.538. The largest absolute Gasteiger partial charge is 0.507 e. The second-order valence-corrected chi connectivity index (χ2v) is 16.6. The van der Waals surface area contributed by atoms with E-state index in [9.17, 15) is 19.8 Å². The molecule has 4 aromatic carbocycles. The van der Waals surface area contributed by atoms with Gasteiger partial charge in [0.1, 0.15) is 11.5 Å². The molecule has 0 saturated carbocycles. The lowest BCUT2D eigenvalue weighted by Crippen LogP contribution is -2.25. The first-order chi connectivity index (χ1) is 28.3. The molecule has 2 amide bonds. The van der Waals surface area contributed by atoms with Crippen molar-refractivity contribution >= 4 is 33.4 Å². The van der Waals surface area contributed by atoms with E-state index >= 15 is 0 Å². The number of allylic oxidation sites excluding steroid dienone is 1. The predicted molar refractivity (Wildman–Crippen MR) is 245 cm³/mol. The second kappa shape index (κ2) is 26.6. The summed E-state index contributed by atoms with van der Waals surface area (Å²) in [6.07, 6.45) is 28.0. The van der Waals surface area contributed by atoms with E-state index in [4.69, 9.17) is 0 Å². The Morgan fingerprint density at radius 3 is 1.14 bits per heavy atom. The Morgan fingerprint density at radius 1 is 0.483 bits per heavy atom. The molecule has 0 spiro atoms. The smallest absolute Gasteiger partial charge is 0.255 e. The average Bonchev–Trinajstić information content (AvgIpc) is 3.23. The van der Waals surface area contributed by atoms with Crippen LogP contribution in [0.1, 0.15) is 187 Å². The number of benzene rings is 4. The molecule has 0 aliphatic heterocycles. The molecule has 0 bridgehead atoms. The lowest BCUT2D eigenvalue weighted by molar-refractivity contribution is 0.0941. The first-order valence-electron chi connectivity index (χ1n) is 23.1. The summed E-state index contributed by atoms with van der Waals surface area (Å²) in [6.45, 7) is 10.0. The van der Waals surface area contributed by atoms with Crippen molar-refractivity contribution in [2.45, 2.75) is 168 Å². The van der Waals surface area contributed by atoms with Crippen molar-refractivity contribution in [2.75, 3.05) is 13.1 Å². The minimum absolute atomic E-state index is 0.0408. The Balaban J connectivity index is 1.33. The number of fused-ring (bicyclic) bond motifs is 2. The fourth-order valence-electron chi connectivity index (χ4n) is 8.26. The van der Waals surface area contributed by atoms with Gasteiger partial charge in [0.2, 0.25) is 0 Å². The van der Waals surface area contributed by atoms with Crippen molar-refractivity contribution in [1.82, 2.24) is 10.6 Å². The molecule has 316 valence electrons. The number of phenolic OH excluding ortho intramolecular Hbond substituents is 2. The number of amides is 2. The summed E-state index contributed by atoms with van der Waals surface area (Å²) in [5, 5.41) is 32.8. The Labute approximate surface area is 350 Å². The number of nitrogens with one attached hydrogen (secondary N) is 2. The monoisotopic (exact) mass is 791 g/mol. The summed E-state index contributed by atoms with van der Waals surface area (Å²) in [4.78, 5) is 26.9. The van der Waals surface area contributed by atoms with Crippen LogP contribution in [-0.2, 0) is 12.8 Å². The van der Waals surface area contributed by atoms with Crippen LogP contribution >= 0.6 is 0 Å². The molecule has 6 nitrogen and oxygen atoms in total. The van der Waals surface area contributed by atoms with Gasteiger partial charge in [0, 0.05) is 24.2 Å². The lowest BCUT2D eigenvalue weighted by Gasteiger charge is -2.17. The van der Waals surface area contributed by atoms with Gasteiger partial charge in [-0.3, -0.25) is 9.59 Å². The third-order valence-corrected chi connectivity index (χ3v) is 11.7. The predicted octanol–water partition coefficient (Wildman–Crippen LogP) is 13.8. The molecule has 4 N–H and O–H groups in total. The van der Waals surface area contributed by atoms with Gasteiger partial charge in [0.25, 0.3) is 11.8 Å². The van der Waals surface area contributed by atoms with Crippen LogP contribution in [-0.4, -0.2) is 35.1 Å². The Morgan fingerprint density at radius 2 is 0.793 bits per heavy atom. The van der Waals surface area contributed by atoms with Gasteiger partial charge in [-0.15, -0.1) is 0 Å². The number of carbonyl (C=O) groups is 2. The summed E-state index contributed by atoms with van der Waals surface area (Å²) >= 11 is 0. The molecule has 0 aromatic heterocycles. The van der Waals surface area contributed by atoms with Crippen LogP contribution in [0.25, 0.3) is 21.5 Å². The van der Waals surface area contributed by atoms with Gasteiger partial charge in [-0.2, -0.15) is 0 Å². The lowest BCUT2D eigenvalue weighted by atomic mass is 9.90. The minimum Gasteiger partial charge on any atom is -0.507 e. The Hall–Kier alpha value is -4.32. The van der Waals surface area contributed by atoms with E-state index in [0.29, 0.717) is 37.1 Å². The minimum atomic E-state index is -0.280. The molecule has 6 heteroatoms. The zero-order valence-corrected chi connectivity index (χ0v) is 36.1. The van der Waals surface area contributed by atoms with Crippen LogP contribution in [0.3, 0.4) is 0 Å². The van der Waals surface area contributed by atoms with Crippen LogP contribution in [0.5, 0.6) is 11.5 Å². The molecule has 0 radical (unpaired) electrons. The van der Waals surface area contributed by atoms with Crippen molar-refractivity contribution in [3.05, 3.63) is 95.1 Å². The summed E-state index contributed by atoms with van der Waals surface area (Å²) in [5.74, 6) is -0.641. The topological polar surface area (TPSA) is 98.7 Å². The molecule has 4 aromatic rings. The average molecular weight is 791 g/mol. The van der Waals surface area contributed by atoms with E-state index in [-0.39, 0.29) is 34.4 Å². The molecule has 0 unspecified atom stereocenters. The van der Waals surface area contributed by atoms with Crippen molar-refractivity contribution in [3.63, 3.8) is 0 Å². The highest BCUT2D eigenvalue weighted by Crippen LogP contribution is 2.37. The van der Waals surface area contributed by atoms with E-state index in [0.717, 1.165) is 52.8 Å². The van der Waals surface area contributed by atoms with Crippen LogP contribution in [0.4, 0.5) is 0 Å². The van der Waals surface area contributed by atoms with E-state index in [2.05, 4.69) is 31.1 Å². The zero-order valence-electron chi connectivity index (χ0n) is 36.1. The highest BCUT2D eigenvalue weighted by molar-refractivity contribution is 6.04. The maximum atomic E-state index is 13.5. The second-order valence-electron chi connectivity index (χ2n) is 16.6. The molecule has 4 rings (SSSR count). The quantitative estimate of drug-likeness (QED) is 0.0312. The summed E-state index contributed by atoms with van der Waals surface area (Å²) in [6, 6.07) is 19.1. The standard InChI is InChI=1S/C52H74N2O4/c1-4-6-8-10-12-14-16-18-20-22-28-34-53-51(57)47-38-41-30-24-26-32-43(41)45(49(47)55)36-40(3)37-46-44-33-27-25-31-42(44)39-48(50(46)56)52(58)54-35-29-23-21-19-17-15-13-11-9-7-5-2/h24-27,30-33,38-39,55-56H,3-23,28-29,34-37H2,1-2H3,(H,53,57)(H,54,58). The summed E-state index contributed by atoms with van der Waals surface area (Å²) < 4.78 is 0. The van der Waals surface area contributed by atoms with Crippen molar-refractivity contribution in [1.29, 1.82) is 0 Å². The highest BCUT2D eigenvalue weighted by atomic mass is 16.3. The maximum Gasteiger partial charge on any atom is 0.255 e. The van der Waals surface area contributed by atoms with Crippen molar-refractivity contribution in [2.24, 2.45) is 0 Å². The van der Waals surface area contributed by atoms with E-state index in [1.807, 2.05) is 48.5 Å². The molecule has 0 aliphatic carbocycles. The van der Waals surface area contributed by atoms with E-state index in [1.165, 1.54) is 116 Å². The van der Waals surface area contributed by atoms with Gasteiger partial charge in [-0.05, 0) is 59.4 Å². The highest BCUT2D eigenvalue weighted by Gasteiger charge is 2.22. The van der Waals surface area contributed by atoms with Gasteiger partial charge >= 0.3 is 0 Å². The van der Waals surface area contributed by atoms with Gasteiger partial charge in [0.05, 0.1) is 11.1 Å². The first-order valence-corrected chi connectivity index (χ1v) is 23.1. The van der Waals surface area contributed by atoms with E-state index in [1.54, 1.807) is 12.1 Å². The number of unbranched alkanes of at least 4 members (excludes halogenated alkanes) is 20. The molecule has 0 atom stereocenters. The molecule has 0 saturated heterocycles. The van der Waals surface area contributed by atoms with Gasteiger partial charge in [0.15, 0.2) is 0 Å². The van der Waals surface area contributed by atoms with Gasteiger partial charge in [-0.25, -0.2) is 0 Å². The van der Waals surface area contributed by atoms with Crippen molar-refractivity contribution in [3.8, 4) is 11.5 Å². The normalized spacial score (nSPS) is 11.3. The summed E-state index contributed by atoms with van der Waals surface area (Å²) in [7, 11) is 0. The fourth-order valence-corrected chi connectivity index (χ4v) is 8.26. The van der Waals surface area contributed by atoms with E-state index < -0.39 is 0 Å². The molecule has 0 aliphatic rings. The van der Waals surface area contributed by atoms with Gasteiger partial charge in [-0.1, -0.05) is 203 Å². The van der Waals surface area contributed by atoms with Crippen molar-refractivity contribution < 1.29 is 19.8 Å². The van der Waals surface area contributed by atoms with Crippen LogP contribution in [0, 0.1) is 0 Å². The number of aromatic hydroxyl groups is 2. The SMILES string of the molecule is C=C(Cc1c(O)c(C(=O)NCCCCCCCCCCCCC)cc2ccccc12)Cc1c(O)c(C(=O)NCCCCCCCCCCCCC)cc2ccccc12. The molecule has 0 fully saturated rings. The molecular weight excluding hydrogens is 717 g/mol. The third kappa shape index (κ3) is 15.1. The Kier molecular flexibility index (Phi) is 21.3. The maximum absolute atomic E-state index is 13.5. The number of rotatable bonds is 30. The third-order valence-electron chi connectivity index (χ3n) is 11.7. The number of carbonyl (C=O) groups excluding carboxylic acids is 2. The van der Waals surface area contributed by atoms with Gasteiger partial charge < -0.3 is 20.8 Å². The van der Waals surface area contributed by atoms with Crippen LogP contribution < -0.4 is 10.6 Å². The molecule has 58 heavy (non-hydrogen) atoms. The summed E-state index contributed by atoms with van der Waals surface area (Å²) in [5.41, 5.74) is 2.53. The number of hydrogen-bond acceptors (Lipinski definition) is 4. The molecular formula is C52H74N2O4. The number of hydrogen-bond donors (Lipinski definition) is 4. The van der Waals surface area contributed by atoms with Crippen LogP contribution in [0.2, 0.25) is 0 Å². The zero-order chi connectivity index (χ0) is 41.4. The first kappa shape index (κ1) is 46.4. The van der Waals surface area contributed by atoms with Crippen LogP contribution in [0.15, 0.2) is 72.8 Å². The Bertz CT molecular complexity index is 1730. The number of phenols is 2. The molecule has 0 heterocycles.